The van der Waals surface area contributed by atoms with E-state index >= 15 is 0 Å². The average Bonchev–Trinajstić information content (AvgIpc) is 2.31. The fraction of sp³-hybridized carbons (Fsp3) is 0.500. The number of halogens is 1. The topological polar surface area (TPSA) is 35.8 Å². The van der Waals surface area contributed by atoms with Crippen molar-refractivity contribution in [2.75, 3.05) is 11.9 Å². The molecule has 0 unspecified atom stereocenters. The first-order valence-electron chi connectivity index (χ1n) is 5.94. The van der Waals surface area contributed by atoms with E-state index in [1.54, 1.807) is 0 Å². The van der Waals surface area contributed by atoms with Crippen LogP contribution in [0.5, 0.6) is 0 Å². The van der Waals surface area contributed by atoms with Crippen molar-refractivity contribution in [3.63, 3.8) is 0 Å². The quantitative estimate of drug-likeness (QED) is 0.780. The lowest BCUT2D eigenvalue weighted by molar-refractivity contribution is 0.430. The molecule has 2 nitrogen and oxygen atoms in total. The molecule has 0 saturated carbocycles. The van der Waals surface area contributed by atoms with Crippen LogP contribution in [-0.4, -0.2) is 6.54 Å². The molecule has 0 aliphatic carbocycles. The van der Waals surface area contributed by atoms with Crippen LogP contribution >= 0.6 is 15.9 Å². The summed E-state index contributed by atoms with van der Waals surface area (Å²) < 4.78 is 1.10. The Morgan fingerprint density at radius 3 is 2.47 bits per heavy atom. The van der Waals surface area contributed by atoms with Gasteiger partial charge in [-0.25, -0.2) is 0 Å². The Bertz CT molecular complexity index is 376. The smallest absolute Gasteiger partial charge is 0.0683 e. The number of rotatable bonds is 6. The predicted molar refractivity (Wildman–Crippen MR) is 75.9 cm³/mol. The molecule has 0 spiro atoms. The summed E-state index contributed by atoms with van der Waals surface area (Å²) in [7, 11) is 0. The number of hydrogen-bond donors (Lipinski definition) is 1. The normalized spacial score (nSPS) is 10.9. The van der Waals surface area contributed by atoms with Gasteiger partial charge in [-0.05, 0) is 51.0 Å². The molecule has 1 rings (SSSR count). The summed E-state index contributed by atoms with van der Waals surface area (Å²) in [6, 6.07) is 10.5. The van der Waals surface area contributed by atoms with Gasteiger partial charge in [0.2, 0.25) is 0 Å². The van der Waals surface area contributed by atoms with Gasteiger partial charge in [-0.2, -0.15) is 5.26 Å². The third-order valence-electron chi connectivity index (χ3n) is 2.70. The molecule has 0 radical (unpaired) electrons. The van der Waals surface area contributed by atoms with Gasteiger partial charge in [-0.15, -0.1) is 0 Å². The third kappa shape index (κ3) is 5.74. The number of hydrogen-bond acceptors (Lipinski definition) is 2. The molecule has 92 valence electrons. The van der Waals surface area contributed by atoms with Crippen LogP contribution in [0.15, 0.2) is 28.7 Å². The molecule has 0 aliphatic rings. The zero-order valence-corrected chi connectivity index (χ0v) is 12.0. The number of anilines is 1. The van der Waals surface area contributed by atoms with Crippen molar-refractivity contribution in [1.82, 2.24) is 0 Å². The van der Waals surface area contributed by atoms with Crippen molar-refractivity contribution in [2.24, 2.45) is 5.41 Å². The lowest BCUT2D eigenvalue weighted by Gasteiger charge is -2.14. The standard InChI is InChI=1S/C14H19BrN2/c1-14(2,11-16)9-3-4-10-17-13-7-5-12(15)6-8-13/h5-8,17H,3-4,9-10H2,1-2H3. The monoisotopic (exact) mass is 294 g/mol. The van der Waals surface area contributed by atoms with Gasteiger partial charge in [0, 0.05) is 16.7 Å². The number of nitrogens with one attached hydrogen (secondary N) is 1. The molecule has 1 N–H and O–H groups in total. The highest BCUT2D eigenvalue weighted by Crippen LogP contribution is 2.21. The van der Waals surface area contributed by atoms with Crippen LogP contribution in [-0.2, 0) is 0 Å². The molecular formula is C14H19BrN2. The second-order valence-electron chi connectivity index (χ2n) is 4.89. The largest absolute Gasteiger partial charge is 0.385 e. The van der Waals surface area contributed by atoms with Gasteiger partial charge in [0.05, 0.1) is 11.5 Å². The summed E-state index contributed by atoms with van der Waals surface area (Å²) >= 11 is 3.41. The first-order chi connectivity index (χ1) is 8.03. The lowest BCUT2D eigenvalue weighted by Crippen LogP contribution is -2.09. The van der Waals surface area contributed by atoms with Crippen molar-refractivity contribution in [1.29, 1.82) is 5.26 Å². The van der Waals surface area contributed by atoms with Crippen LogP contribution in [0.25, 0.3) is 0 Å². The van der Waals surface area contributed by atoms with E-state index in [4.69, 9.17) is 5.26 Å². The Morgan fingerprint density at radius 2 is 1.88 bits per heavy atom. The molecule has 0 bridgehead atoms. The molecule has 3 heteroatoms. The summed E-state index contributed by atoms with van der Waals surface area (Å²) in [5.41, 5.74) is 0.963. The van der Waals surface area contributed by atoms with Crippen molar-refractivity contribution in [2.45, 2.75) is 33.1 Å². The van der Waals surface area contributed by atoms with Gasteiger partial charge >= 0.3 is 0 Å². The maximum Gasteiger partial charge on any atom is 0.0683 e. The van der Waals surface area contributed by atoms with E-state index < -0.39 is 0 Å². The molecule has 0 amide bonds. The number of unbranched alkanes of at least 4 members (excludes halogenated alkanes) is 1. The first kappa shape index (κ1) is 14.1. The molecular weight excluding hydrogens is 276 g/mol. The van der Waals surface area contributed by atoms with E-state index in [9.17, 15) is 0 Å². The maximum atomic E-state index is 8.88. The molecule has 0 aromatic heterocycles. The van der Waals surface area contributed by atoms with Crippen LogP contribution < -0.4 is 5.32 Å². The molecule has 1 aromatic rings. The second-order valence-corrected chi connectivity index (χ2v) is 5.80. The number of benzene rings is 1. The van der Waals surface area contributed by atoms with Crippen LogP contribution in [0.4, 0.5) is 5.69 Å². The van der Waals surface area contributed by atoms with Crippen molar-refractivity contribution >= 4 is 21.6 Å². The highest BCUT2D eigenvalue weighted by molar-refractivity contribution is 9.10. The SMILES string of the molecule is CC(C)(C#N)CCCCNc1ccc(Br)cc1. The Hall–Kier alpha value is -1.01. The van der Waals surface area contributed by atoms with Gasteiger partial charge < -0.3 is 5.32 Å². The fourth-order valence-corrected chi connectivity index (χ4v) is 1.81. The Kier molecular flexibility index (Phi) is 5.50. The van der Waals surface area contributed by atoms with E-state index in [1.807, 2.05) is 26.0 Å². The molecule has 17 heavy (non-hydrogen) atoms. The van der Waals surface area contributed by atoms with Crippen molar-refractivity contribution < 1.29 is 0 Å². The second kappa shape index (κ2) is 6.66. The van der Waals surface area contributed by atoms with Crippen LogP contribution in [0.1, 0.15) is 33.1 Å². The Labute approximate surface area is 112 Å². The lowest BCUT2D eigenvalue weighted by atomic mass is 9.89. The third-order valence-corrected chi connectivity index (χ3v) is 3.23. The minimum atomic E-state index is -0.183. The maximum absolute atomic E-state index is 8.88. The molecule has 0 atom stereocenters. The highest BCUT2D eigenvalue weighted by atomic mass is 79.9. The van der Waals surface area contributed by atoms with Gasteiger partial charge in [-0.1, -0.05) is 22.4 Å². The van der Waals surface area contributed by atoms with Gasteiger partial charge in [-0.3, -0.25) is 0 Å². The van der Waals surface area contributed by atoms with Crippen LogP contribution in [0.3, 0.4) is 0 Å². The van der Waals surface area contributed by atoms with Crippen LogP contribution in [0, 0.1) is 16.7 Å². The summed E-state index contributed by atoms with van der Waals surface area (Å²) in [6.07, 6.45) is 3.15. The van der Waals surface area contributed by atoms with Crippen molar-refractivity contribution in [3.05, 3.63) is 28.7 Å². The van der Waals surface area contributed by atoms with Gasteiger partial charge in [0.15, 0.2) is 0 Å². The van der Waals surface area contributed by atoms with E-state index in [2.05, 4.69) is 39.4 Å². The summed E-state index contributed by atoms with van der Waals surface area (Å²) in [4.78, 5) is 0. The zero-order valence-electron chi connectivity index (χ0n) is 10.5. The predicted octanol–water partition coefficient (Wildman–Crippen LogP) is 4.58. The van der Waals surface area contributed by atoms with Gasteiger partial charge in [0.1, 0.15) is 0 Å². The number of nitrogens with zero attached hydrogens (tertiary/aromatic N) is 1. The number of nitriles is 1. The molecule has 0 saturated heterocycles. The van der Waals surface area contributed by atoms with Gasteiger partial charge in [0.25, 0.3) is 0 Å². The Morgan fingerprint density at radius 1 is 1.24 bits per heavy atom. The summed E-state index contributed by atoms with van der Waals surface area (Å²) in [5.74, 6) is 0. The first-order valence-corrected chi connectivity index (χ1v) is 6.73. The minimum Gasteiger partial charge on any atom is -0.385 e. The Balaban J connectivity index is 2.17. The fourth-order valence-electron chi connectivity index (χ4n) is 1.55. The van der Waals surface area contributed by atoms with E-state index in [0.29, 0.717) is 0 Å². The molecule has 0 fully saturated rings. The summed E-state index contributed by atoms with van der Waals surface area (Å²) in [5, 5.41) is 12.3. The van der Waals surface area contributed by atoms with E-state index in [-0.39, 0.29) is 5.41 Å². The minimum absolute atomic E-state index is 0.183. The molecule has 0 aliphatic heterocycles. The highest BCUT2D eigenvalue weighted by Gasteiger charge is 2.15. The summed E-state index contributed by atoms with van der Waals surface area (Å²) in [6.45, 7) is 4.95. The molecule has 0 heterocycles. The average molecular weight is 295 g/mol. The molecule has 1 aromatic carbocycles. The zero-order chi connectivity index (χ0) is 12.7. The van der Waals surface area contributed by atoms with Crippen molar-refractivity contribution in [3.8, 4) is 6.07 Å². The van der Waals surface area contributed by atoms with Crippen LogP contribution in [0.2, 0.25) is 0 Å². The van der Waals surface area contributed by atoms with E-state index in [1.165, 1.54) is 0 Å². The van der Waals surface area contributed by atoms with E-state index in [0.717, 1.165) is 36.0 Å².